The molecule has 1 aromatic rings. The molecule has 2 aliphatic rings. The van der Waals surface area contributed by atoms with Crippen molar-refractivity contribution in [1.29, 1.82) is 0 Å². The van der Waals surface area contributed by atoms with Gasteiger partial charge in [0.2, 0.25) is 5.91 Å². The van der Waals surface area contributed by atoms with Gasteiger partial charge < -0.3 is 20.9 Å². The first-order valence-electron chi connectivity index (χ1n) is 8.35. The van der Waals surface area contributed by atoms with E-state index in [9.17, 15) is 24.3 Å². The van der Waals surface area contributed by atoms with E-state index in [1.807, 2.05) is 0 Å². The molecule has 0 radical (unpaired) electrons. The van der Waals surface area contributed by atoms with Crippen LogP contribution in [0, 0.1) is 0 Å². The summed E-state index contributed by atoms with van der Waals surface area (Å²) < 4.78 is 4.60. The Balaban J connectivity index is 1.76. The summed E-state index contributed by atoms with van der Waals surface area (Å²) in [5.74, 6) is -3.29. The van der Waals surface area contributed by atoms with E-state index in [1.54, 1.807) is 30.3 Å². The van der Waals surface area contributed by atoms with Crippen molar-refractivity contribution in [3.8, 4) is 0 Å². The van der Waals surface area contributed by atoms with E-state index in [2.05, 4.69) is 10.1 Å². The molecule has 27 heavy (non-hydrogen) atoms. The second kappa shape index (κ2) is 7.20. The number of rotatable bonds is 5. The SMILES string of the molecule is COC(=O)C1=C(C(=O)O)N2C(=O)C(NC(=O)C(N)c3ccccc3)C2CC1. The van der Waals surface area contributed by atoms with Crippen LogP contribution in [0.1, 0.15) is 24.4 Å². The number of amides is 2. The van der Waals surface area contributed by atoms with Gasteiger partial charge in [0.25, 0.3) is 5.91 Å². The van der Waals surface area contributed by atoms with Gasteiger partial charge in [0.1, 0.15) is 17.8 Å². The number of nitrogens with zero attached hydrogens (tertiary/aromatic N) is 1. The molecule has 1 aromatic carbocycles. The van der Waals surface area contributed by atoms with Gasteiger partial charge >= 0.3 is 11.9 Å². The van der Waals surface area contributed by atoms with E-state index in [0.29, 0.717) is 12.0 Å². The summed E-state index contributed by atoms with van der Waals surface area (Å²) in [4.78, 5) is 49.3. The molecule has 4 N–H and O–H groups in total. The predicted octanol–water partition coefficient (Wildman–Crippen LogP) is -0.312. The van der Waals surface area contributed by atoms with Crippen molar-refractivity contribution < 1.29 is 29.0 Å². The zero-order valence-corrected chi connectivity index (χ0v) is 14.5. The molecule has 9 heteroatoms. The number of carboxylic acids is 1. The Kier molecular flexibility index (Phi) is 4.95. The number of hydrogen-bond donors (Lipinski definition) is 3. The Labute approximate surface area is 154 Å². The van der Waals surface area contributed by atoms with Gasteiger partial charge in [-0.1, -0.05) is 30.3 Å². The second-order valence-electron chi connectivity index (χ2n) is 6.31. The monoisotopic (exact) mass is 373 g/mol. The summed E-state index contributed by atoms with van der Waals surface area (Å²) in [6.07, 6.45) is 0.471. The molecule has 0 aliphatic carbocycles. The lowest BCUT2D eigenvalue weighted by Gasteiger charge is -2.50. The van der Waals surface area contributed by atoms with Crippen molar-refractivity contribution in [3.63, 3.8) is 0 Å². The fourth-order valence-corrected chi connectivity index (χ4v) is 3.44. The number of carbonyl (C=O) groups is 4. The summed E-state index contributed by atoms with van der Waals surface area (Å²) in [6, 6.07) is 6.33. The maximum absolute atomic E-state index is 12.5. The fraction of sp³-hybridized carbons (Fsp3) is 0.333. The molecule has 0 saturated carbocycles. The molecule has 2 heterocycles. The van der Waals surface area contributed by atoms with E-state index in [-0.39, 0.29) is 17.7 Å². The highest BCUT2D eigenvalue weighted by atomic mass is 16.5. The number of β-lactam (4-membered cyclic amide) rings is 1. The number of methoxy groups -OCH3 is 1. The lowest BCUT2D eigenvalue weighted by atomic mass is 9.83. The molecule has 2 amide bonds. The Morgan fingerprint density at radius 1 is 1.30 bits per heavy atom. The first kappa shape index (κ1) is 18.6. The third kappa shape index (κ3) is 3.17. The van der Waals surface area contributed by atoms with Crippen LogP contribution in [-0.4, -0.2) is 53.0 Å². The number of carboxylic acid groups (broad SMARTS) is 1. The molecule has 2 aliphatic heterocycles. The van der Waals surface area contributed by atoms with Crippen molar-refractivity contribution in [2.75, 3.05) is 7.11 Å². The molecule has 142 valence electrons. The van der Waals surface area contributed by atoms with Gasteiger partial charge in [-0.15, -0.1) is 0 Å². The Bertz CT molecular complexity index is 835. The third-order valence-electron chi connectivity index (χ3n) is 4.81. The second-order valence-corrected chi connectivity index (χ2v) is 6.31. The van der Waals surface area contributed by atoms with Crippen LogP contribution in [-0.2, 0) is 23.9 Å². The summed E-state index contributed by atoms with van der Waals surface area (Å²) in [5.41, 5.74) is 6.09. The molecule has 3 rings (SSSR count). The highest BCUT2D eigenvalue weighted by Gasteiger charge is 2.54. The number of nitrogens with two attached hydrogens (primary N) is 1. The fourth-order valence-electron chi connectivity index (χ4n) is 3.44. The van der Waals surface area contributed by atoms with Crippen LogP contribution in [0.3, 0.4) is 0 Å². The molecule has 1 saturated heterocycles. The lowest BCUT2D eigenvalue weighted by molar-refractivity contribution is -0.157. The number of benzene rings is 1. The molecule has 3 atom stereocenters. The molecule has 0 aromatic heterocycles. The quantitative estimate of drug-likeness (QED) is 0.475. The molecule has 0 spiro atoms. The summed E-state index contributed by atoms with van der Waals surface area (Å²) in [5, 5.41) is 12.0. The van der Waals surface area contributed by atoms with Crippen molar-refractivity contribution in [3.05, 3.63) is 47.2 Å². The number of nitrogens with one attached hydrogen (secondary N) is 1. The minimum atomic E-state index is -1.39. The average Bonchev–Trinajstić information content (AvgIpc) is 2.69. The van der Waals surface area contributed by atoms with Gasteiger partial charge in [0.05, 0.1) is 18.7 Å². The molecule has 3 unspecified atom stereocenters. The van der Waals surface area contributed by atoms with E-state index in [1.165, 1.54) is 0 Å². The minimum absolute atomic E-state index is 0.0552. The van der Waals surface area contributed by atoms with Crippen LogP contribution >= 0.6 is 0 Å². The van der Waals surface area contributed by atoms with Crippen LogP contribution in [0.15, 0.2) is 41.6 Å². The van der Waals surface area contributed by atoms with E-state index in [0.717, 1.165) is 12.0 Å². The Hall–Kier alpha value is -3.20. The zero-order valence-electron chi connectivity index (χ0n) is 14.5. The smallest absolute Gasteiger partial charge is 0.353 e. The summed E-state index contributed by atoms with van der Waals surface area (Å²) in [6.45, 7) is 0. The largest absolute Gasteiger partial charge is 0.477 e. The van der Waals surface area contributed by atoms with Gasteiger partial charge in [0.15, 0.2) is 0 Å². The maximum atomic E-state index is 12.5. The first-order valence-corrected chi connectivity index (χ1v) is 8.35. The van der Waals surface area contributed by atoms with Crippen LogP contribution in [0.4, 0.5) is 0 Å². The topological polar surface area (TPSA) is 139 Å². The third-order valence-corrected chi connectivity index (χ3v) is 4.81. The zero-order chi connectivity index (χ0) is 19.7. The first-order chi connectivity index (χ1) is 12.9. The van der Waals surface area contributed by atoms with Gasteiger partial charge in [-0.3, -0.25) is 14.5 Å². The van der Waals surface area contributed by atoms with E-state index >= 15 is 0 Å². The van der Waals surface area contributed by atoms with Crippen molar-refractivity contribution in [1.82, 2.24) is 10.2 Å². The number of fused-ring (bicyclic) bond motifs is 1. The molecule has 1 fully saturated rings. The number of hydrogen-bond acceptors (Lipinski definition) is 6. The van der Waals surface area contributed by atoms with E-state index in [4.69, 9.17) is 5.73 Å². The molecular weight excluding hydrogens is 354 g/mol. The van der Waals surface area contributed by atoms with Crippen molar-refractivity contribution >= 4 is 23.8 Å². The number of ether oxygens (including phenoxy) is 1. The minimum Gasteiger partial charge on any atom is -0.477 e. The van der Waals surface area contributed by atoms with Crippen molar-refractivity contribution in [2.24, 2.45) is 5.73 Å². The van der Waals surface area contributed by atoms with E-state index < -0.39 is 41.9 Å². The van der Waals surface area contributed by atoms with Gasteiger partial charge in [-0.2, -0.15) is 0 Å². The molecule has 9 nitrogen and oxygen atoms in total. The molecule has 0 bridgehead atoms. The van der Waals surface area contributed by atoms with Crippen LogP contribution in [0.5, 0.6) is 0 Å². The lowest BCUT2D eigenvalue weighted by Crippen LogP contribution is -2.72. The number of carbonyl (C=O) groups excluding carboxylic acids is 3. The highest BCUT2D eigenvalue weighted by Crippen LogP contribution is 2.37. The van der Waals surface area contributed by atoms with Crippen LogP contribution < -0.4 is 11.1 Å². The predicted molar refractivity (Wildman–Crippen MR) is 91.8 cm³/mol. The van der Waals surface area contributed by atoms with Crippen molar-refractivity contribution in [2.45, 2.75) is 31.0 Å². The highest BCUT2D eigenvalue weighted by molar-refractivity contribution is 6.06. The normalized spacial score (nSPS) is 22.4. The molecular formula is C18H19N3O6. The number of aliphatic carboxylic acids is 1. The van der Waals surface area contributed by atoms with Crippen LogP contribution in [0.2, 0.25) is 0 Å². The summed E-state index contributed by atoms with van der Waals surface area (Å²) in [7, 11) is 1.15. The van der Waals surface area contributed by atoms with Gasteiger partial charge in [0, 0.05) is 0 Å². The maximum Gasteiger partial charge on any atom is 0.353 e. The van der Waals surface area contributed by atoms with Gasteiger partial charge in [-0.05, 0) is 18.4 Å². The average molecular weight is 373 g/mol. The van der Waals surface area contributed by atoms with Gasteiger partial charge in [-0.25, -0.2) is 9.59 Å². The standard InChI is InChI=1S/C18H19N3O6/c1-27-18(26)10-7-8-11-13(16(23)21(11)14(10)17(24)25)20-15(22)12(19)9-5-3-2-4-6-9/h2-6,11-13H,7-8,19H2,1H3,(H,20,22)(H,24,25). The Morgan fingerprint density at radius 2 is 1.96 bits per heavy atom. The van der Waals surface area contributed by atoms with Crippen LogP contribution in [0.25, 0.3) is 0 Å². The number of esters is 1. The summed E-state index contributed by atoms with van der Waals surface area (Å²) >= 11 is 0. The Morgan fingerprint density at radius 3 is 2.56 bits per heavy atom.